The van der Waals surface area contributed by atoms with E-state index in [2.05, 4.69) is 20.9 Å². The normalized spacial score (nSPS) is 34.2. The van der Waals surface area contributed by atoms with E-state index < -0.39 is 273 Å². The number of carbonyl (C=O) groups is 6. The first-order chi connectivity index (χ1) is 43.1. The first-order valence-electron chi connectivity index (χ1n) is 25.6. The van der Waals surface area contributed by atoms with Crippen LogP contribution in [0.4, 0.5) is 0 Å². The van der Waals surface area contributed by atoms with Crippen LogP contribution in [0.1, 0.15) is 20.8 Å². The van der Waals surface area contributed by atoms with Crippen molar-refractivity contribution in [2.45, 2.75) is 174 Å². The molecule has 0 radical (unpaired) electrons. The van der Waals surface area contributed by atoms with Gasteiger partial charge in [-0.25, -0.2) is 42.1 Å². The predicted molar refractivity (Wildman–Crippen MR) is 259 cm³/mol. The van der Waals surface area contributed by atoms with E-state index in [1.807, 2.05) is 16.0 Å². The summed E-state index contributed by atoms with van der Waals surface area (Å²) in [6, 6.07) is -6.91. The topological polar surface area (TPSA) is 774 Å². The first-order valence-corrected chi connectivity index (χ1v) is 32.2. The molecule has 5 rings (SSSR count). The molecular formula is C40H53N3Na8O46S5. The van der Waals surface area contributed by atoms with Gasteiger partial charge in [-0.3, -0.25) is 35.3 Å². The van der Waals surface area contributed by atoms with Gasteiger partial charge in [-0.2, -0.15) is 0 Å². The number of aliphatic carboxylic acids is 3. The van der Waals surface area contributed by atoms with Gasteiger partial charge in [0.2, 0.25) is 76.0 Å². The maximum absolute atomic E-state index is 13.0. The maximum atomic E-state index is 13.0. The third-order valence-corrected chi connectivity index (χ3v) is 15.3. The van der Waals surface area contributed by atoms with Crippen molar-refractivity contribution in [2.75, 3.05) is 26.4 Å². The second-order valence-electron chi connectivity index (χ2n) is 19.9. The van der Waals surface area contributed by atoms with Gasteiger partial charge in [0.25, 0.3) is 0 Å². The molecule has 5 saturated heterocycles. The molecule has 0 spiro atoms. The number of aliphatic hydroxyl groups is 7. The number of carbonyl (C=O) groups excluding carboxylic acids is 6. The molecule has 102 heavy (non-hydrogen) atoms. The van der Waals surface area contributed by atoms with Crippen LogP contribution < -0.4 is 268 Å². The number of carboxylic acid groups (broad SMARTS) is 3. The van der Waals surface area contributed by atoms with Gasteiger partial charge in [0.15, 0.2) is 37.4 Å². The van der Waals surface area contributed by atoms with Crippen molar-refractivity contribution in [3.8, 4) is 0 Å². The molecule has 0 saturated carbocycles. The van der Waals surface area contributed by atoms with Crippen molar-refractivity contribution < 1.29 is 449 Å². The summed E-state index contributed by atoms with van der Waals surface area (Å²) in [6.07, 6.45) is -61.4. The van der Waals surface area contributed by atoms with Crippen LogP contribution in [0.15, 0.2) is 11.8 Å². The zero-order valence-electron chi connectivity index (χ0n) is 54.9. The Morgan fingerprint density at radius 2 is 0.686 bits per heavy atom. The van der Waals surface area contributed by atoms with Crippen LogP contribution >= 0.6 is 0 Å². The van der Waals surface area contributed by atoms with E-state index >= 15 is 0 Å². The Labute approximate surface area is 754 Å². The third-order valence-electron chi connectivity index (χ3n) is 13.1. The Hall–Kier alpha value is 3.07. The summed E-state index contributed by atoms with van der Waals surface area (Å²) in [5, 5.41) is 121. The Kier molecular flexibility index (Phi) is 52.2. The molecule has 62 heteroatoms. The fourth-order valence-electron chi connectivity index (χ4n) is 9.51. The Balaban J connectivity index is -0.00000600. The summed E-state index contributed by atoms with van der Waals surface area (Å²) in [4.78, 5) is 74.3. The minimum atomic E-state index is -6.34. The monoisotopic (exact) mass is 1650 g/mol. The molecule has 49 nitrogen and oxygen atoms in total. The van der Waals surface area contributed by atoms with Crippen LogP contribution in [0.5, 0.6) is 0 Å². The number of aliphatic hydroxyl groups excluding tert-OH is 7. The quantitative estimate of drug-likeness (QED) is 0.0105. The summed E-state index contributed by atoms with van der Waals surface area (Å²) < 4.78 is 253. The molecule has 5 aliphatic heterocycles. The molecule has 0 bridgehead atoms. The SMILES string of the molecule is CC(=O)NC1C(OC2C(C(=O)[O-])OC(OC3C(COS(=O)(=O)[O-])OC(OC4C(C(=O)[O-])OC(OC5C(COS(=O)(=O)[O-])OC(O/C(=C/C(=O)[O-])CO)C(NC(C)=O)C5O)C(OS(=O)(=O)[O-])C4O)C(NC(C)=O)C3O)C(OS(=O)(=O)[O-])C2O)OC(COS(=O)(=O)[O-])C(O)C1O.[Na+].[Na+].[Na+].[Na+].[Na+].[Na+].[Na+].[Na+]. The zero-order valence-corrected chi connectivity index (χ0v) is 75.0. The van der Waals surface area contributed by atoms with Gasteiger partial charge in [0, 0.05) is 26.8 Å². The second-order valence-corrected chi connectivity index (χ2v) is 25.0. The van der Waals surface area contributed by atoms with E-state index in [0.29, 0.717) is 6.92 Å². The standard InChI is InChI=1S/C40H61N3O46S5.8Na/c1-9(45)41-17-21(51)20(50)13(6-75-90(60,61)62)79-37(17)84-28-24(54)30(88-93(69,70)71)40(86-32(28)34(56)57)83-27-15(8-77-92(66,67)68)81-38(19(23(27)53)43-11(3)47)85-29-25(55)31(89-94(72,73)74)39(87-33(29)35(58)59)82-26-14(7-76-91(63,64)65)80-36(18(22(26)52)42-10(2)46)78-12(5-44)4-16(48)49;;;;;;;;/h4,13-15,17-33,36-40,44,50-55H,5-8H2,1-3H3,(H,41,45)(H,42,46)(H,43,47)(H,48,49)(H,56,57)(H,58,59)(H,60,61,62)(H,63,64,65)(H,66,67,68)(H,69,70,71)(H,72,73,74);;;;;;;;/q;8*+1/p-8/b12-4+;;;;;;;;. The van der Waals surface area contributed by atoms with Crippen molar-refractivity contribution in [3.05, 3.63) is 11.8 Å². The average Bonchev–Trinajstić information content (AvgIpc) is 0.766. The van der Waals surface area contributed by atoms with Gasteiger partial charge in [-0.15, -0.1) is 0 Å². The summed E-state index contributed by atoms with van der Waals surface area (Å²) in [5.74, 6) is -11.9. The molecule has 542 valence electrons. The first kappa shape index (κ1) is 111. The molecule has 0 aromatic carbocycles. The molecule has 10 N–H and O–H groups in total. The van der Waals surface area contributed by atoms with E-state index in [-0.39, 0.29) is 243 Å². The fourth-order valence-corrected chi connectivity index (χ4v) is 11.4. The molecule has 0 aliphatic carbocycles. The molecule has 25 atom stereocenters. The number of amides is 3. The third kappa shape index (κ3) is 34.2. The van der Waals surface area contributed by atoms with E-state index in [0.717, 1.165) is 13.8 Å². The predicted octanol–water partition coefficient (Wildman–Crippen LogP) is -41.9. The van der Waals surface area contributed by atoms with Crippen LogP contribution in [0.3, 0.4) is 0 Å². The average molecular weight is 1660 g/mol. The summed E-state index contributed by atoms with van der Waals surface area (Å²) in [5.41, 5.74) is 0. The Morgan fingerprint density at radius 1 is 0.392 bits per heavy atom. The Bertz CT molecular complexity index is 3360. The van der Waals surface area contributed by atoms with Crippen LogP contribution in [-0.4, -0.2) is 316 Å². The van der Waals surface area contributed by atoms with Gasteiger partial charge < -0.3 is 152 Å². The largest absolute Gasteiger partial charge is 1.00 e. The maximum Gasteiger partial charge on any atom is 1.00 e. The number of hydrogen-bond donors (Lipinski definition) is 10. The fraction of sp³-hybridized carbons (Fsp3) is 0.800. The second kappa shape index (κ2) is 47.8. The molecule has 3 amide bonds. The van der Waals surface area contributed by atoms with Crippen molar-refractivity contribution >= 4 is 87.6 Å². The number of rotatable bonds is 30. The molecule has 25 unspecified atom stereocenters. The molecule has 5 aliphatic rings. The molecule has 0 aromatic heterocycles. The number of ether oxygens (including phenoxy) is 10. The van der Waals surface area contributed by atoms with E-state index in [1.165, 1.54) is 0 Å². The van der Waals surface area contributed by atoms with Crippen LogP contribution in [0, 0.1) is 0 Å². The smallest absolute Gasteiger partial charge is 0.726 e. The van der Waals surface area contributed by atoms with E-state index in [1.54, 1.807) is 0 Å². The summed E-state index contributed by atoms with van der Waals surface area (Å²) in [7, 11) is -30.2. The number of carboxylic acids is 3. The minimum Gasteiger partial charge on any atom is -0.726 e. The minimum absolute atomic E-state index is 0. The van der Waals surface area contributed by atoms with E-state index in [4.69, 9.17) is 47.4 Å². The molecule has 5 fully saturated rings. The molecule has 0 aromatic rings. The van der Waals surface area contributed by atoms with Gasteiger partial charge in [0.1, 0.15) is 122 Å². The van der Waals surface area contributed by atoms with Crippen LogP contribution in [0.2, 0.25) is 0 Å². The van der Waals surface area contributed by atoms with Crippen molar-refractivity contribution in [2.24, 2.45) is 0 Å². The number of nitrogens with one attached hydrogen (secondary N) is 3. The summed E-state index contributed by atoms with van der Waals surface area (Å²) in [6.45, 7) is -4.20. The Morgan fingerprint density at radius 3 is 0.980 bits per heavy atom. The zero-order chi connectivity index (χ0) is 71.2. The molecule has 5 heterocycles. The van der Waals surface area contributed by atoms with Crippen LogP contribution in [-0.2, 0) is 149 Å². The van der Waals surface area contributed by atoms with E-state index in [9.17, 15) is 145 Å². The number of hydrogen-bond acceptors (Lipinski definition) is 46. The van der Waals surface area contributed by atoms with Crippen molar-refractivity contribution in [1.29, 1.82) is 0 Å². The van der Waals surface area contributed by atoms with Gasteiger partial charge in [0.05, 0.1) is 37.7 Å². The van der Waals surface area contributed by atoms with Gasteiger partial charge in [-0.05, 0) is 0 Å². The molecular weight excluding hydrogens is 1600 g/mol. The summed E-state index contributed by atoms with van der Waals surface area (Å²) >= 11 is 0. The van der Waals surface area contributed by atoms with Gasteiger partial charge in [-0.1, -0.05) is 0 Å². The van der Waals surface area contributed by atoms with Crippen molar-refractivity contribution in [1.82, 2.24) is 16.0 Å². The van der Waals surface area contributed by atoms with Crippen molar-refractivity contribution in [3.63, 3.8) is 0 Å². The van der Waals surface area contributed by atoms with Gasteiger partial charge >= 0.3 is 236 Å². The van der Waals surface area contributed by atoms with Crippen LogP contribution in [0.25, 0.3) is 0 Å².